The molecule has 9 nitrogen and oxygen atoms in total. The van der Waals surface area contributed by atoms with Gasteiger partial charge in [0.1, 0.15) is 5.75 Å². The van der Waals surface area contributed by atoms with E-state index in [-0.39, 0.29) is 29.1 Å². The van der Waals surface area contributed by atoms with Crippen LogP contribution in [0.15, 0.2) is 53.4 Å². The Bertz CT molecular complexity index is 1130. The van der Waals surface area contributed by atoms with Crippen molar-refractivity contribution in [2.75, 3.05) is 11.9 Å². The molecule has 0 saturated heterocycles. The predicted molar refractivity (Wildman–Crippen MR) is 108 cm³/mol. The van der Waals surface area contributed by atoms with Crippen molar-refractivity contribution in [1.82, 2.24) is 4.72 Å². The first-order valence-corrected chi connectivity index (χ1v) is 10.7. The van der Waals surface area contributed by atoms with Crippen molar-refractivity contribution < 1.29 is 40.7 Å². The number of nitrogens with one attached hydrogen (secondary N) is 2. The number of sulfonamides is 1. The van der Waals surface area contributed by atoms with Crippen LogP contribution in [0.4, 0.5) is 18.9 Å². The van der Waals surface area contributed by atoms with E-state index in [4.69, 9.17) is 10.00 Å². The molecule has 2 N–H and O–H groups in total. The third-order valence-electron chi connectivity index (χ3n) is 3.94. The molecule has 0 fully saturated rings. The summed E-state index contributed by atoms with van der Waals surface area (Å²) in [6.45, 7) is 1.22. The Hall–Kier alpha value is -3.63. The SMILES string of the molecule is C[C@H](OC(=O)c1ccc(S(=O)(=O)NCCC#N)cc1)C(=O)Nc1ccc(OC(F)(F)F)cc1. The lowest BCUT2D eigenvalue weighted by atomic mass is 10.2. The van der Waals surface area contributed by atoms with Gasteiger partial charge in [0.25, 0.3) is 5.91 Å². The molecule has 0 aliphatic rings. The summed E-state index contributed by atoms with van der Waals surface area (Å²) in [6, 6.07) is 10.9. The minimum atomic E-state index is -4.84. The number of nitriles is 1. The molecule has 2 rings (SSSR count). The second-order valence-corrected chi connectivity index (χ2v) is 8.21. The summed E-state index contributed by atoms with van der Waals surface area (Å²) in [4.78, 5) is 24.3. The van der Waals surface area contributed by atoms with E-state index in [0.717, 1.165) is 12.1 Å². The molecule has 13 heteroatoms. The van der Waals surface area contributed by atoms with E-state index in [9.17, 15) is 31.2 Å². The van der Waals surface area contributed by atoms with E-state index >= 15 is 0 Å². The maximum Gasteiger partial charge on any atom is 0.573 e. The highest BCUT2D eigenvalue weighted by atomic mass is 32.2. The molecule has 0 spiro atoms. The van der Waals surface area contributed by atoms with Gasteiger partial charge in [-0.25, -0.2) is 17.9 Å². The summed E-state index contributed by atoms with van der Waals surface area (Å²) in [6.07, 6.45) is -6.11. The Labute approximate surface area is 187 Å². The molecule has 0 aromatic heterocycles. The minimum Gasteiger partial charge on any atom is -0.449 e. The van der Waals surface area contributed by atoms with Gasteiger partial charge in [-0.05, 0) is 55.5 Å². The minimum absolute atomic E-state index is 0.00489. The van der Waals surface area contributed by atoms with Gasteiger partial charge in [-0.2, -0.15) is 5.26 Å². The summed E-state index contributed by atoms with van der Waals surface area (Å²) in [5, 5.41) is 10.8. The standard InChI is InChI=1S/C20H18F3N3O6S/c1-13(18(27)26-15-5-7-16(8-6-15)32-20(21,22)23)31-19(28)14-3-9-17(10-4-14)33(29,30)25-12-2-11-24/h3-10,13,25H,2,12H2,1H3,(H,26,27)/t13-/m0/s1. The predicted octanol–water partition coefficient (Wildman–Crippen LogP) is 2.96. The molecule has 1 amide bonds. The van der Waals surface area contributed by atoms with E-state index in [2.05, 4.69) is 14.8 Å². The second-order valence-electron chi connectivity index (χ2n) is 6.44. The van der Waals surface area contributed by atoms with Crippen LogP contribution in [0.1, 0.15) is 23.7 Å². The van der Waals surface area contributed by atoms with Gasteiger partial charge in [-0.15, -0.1) is 13.2 Å². The van der Waals surface area contributed by atoms with Crippen molar-refractivity contribution >= 4 is 27.6 Å². The van der Waals surface area contributed by atoms with Gasteiger partial charge >= 0.3 is 12.3 Å². The average Bonchev–Trinajstić information content (AvgIpc) is 2.74. The first-order chi connectivity index (χ1) is 15.4. The molecular weight excluding hydrogens is 467 g/mol. The Balaban J connectivity index is 1.94. The Morgan fingerprint density at radius 2 is 1.70 bits per heavy atom. The molecule has 0 bridgehead atoms. The van der Waals surface area contributed by atoms with Gasteiger partial charge in [-0.1, -0.05) is 0 Å². The van der Waals surface area contributed by atoms with Crippen LogP contribution < -0.4 is 14.8 Å². The van der Waals surface area contributed by atoms with Gasteiger partial charge in [0, 0.05) is 18.7 Å². The third kappa shape index (κ3) is 8.09. The molecule has 0 radical (unpaired) electrons. The number of hydrogen-bond acceptors (Lipinski definition) is 7. The van der Waals surface area contributed by atoms with Crippen molar-refractivity contribution in [3.8, 4) is 11.8 Å². The highest BCUT2D eigenvalue weighted by molar-refractivity contribution is 7.89. The lowest BCUT2D eigenvalue weighted by Gasteiger charge is -2.14. The monoisotopic (exact) mass is 485 g/mol. The smallest absolute Gasteiger partial charge is 0.449 e. The lowest BCUT2D eigenvalue weighted by Crippen LogP contribution is -2.30. The molecule has 1 atom stereocenters. The Kier molecular flexibility index (Phi) is 8.38. The van der Waals surface area contributed by atoms with E-state index in [1.165, 1.54) is 43.3 Å². The van der Waals surface area contributed by atoms with Crippen LogP contribution in [0.5, 0.6) is 5.75 Å². The first kappa shape index (κ1) is 25.6. The molecule has 0 heterocycles. The average molecular weight is 485 g/mol. The highest BCUT2D eigenvalue weighted by Gasteiger charge is 2.31. The van der Waals surface area contributed by atoms with Crippen LogP contribution in [0.25, 0.3) is 0 Å². The Morgan fingerprint density at radius 3 is 2.24 bits per heavy atom. The second kappa shape index (κ2) is 10.8. The van der Waals surface area contributed by atoms with Crippen LogP contribution in [-0.4, -0.2) is 39.3 Å². The number of esters is 1. The summed E-state index contributed by atoms with van der Waals surface area (Å²) in [5.41, 5.74) is 0.134. The number of alkyl halides is 3. The summed E-state index contributed by atoms with van der Waals surface area (Å²) in [5.74, 6) is -2.10. The number of nitrogens with zero attached hydrogens (tertiary/aromatic N) is 1. The van der Waals surface area contributed by atoms with Crippen LogP contribution >= 0.6 is 0 Å². The molecule has 0 aliphatic heterocycles. The van der Waals surface area contributed by atoms with Crippen LogP contribution in [-0.2, 0) is 19.6 Å². The largest absolute Gasteiger partial charge is 0.573 e. The van der Waals surface area contributed by atoms with E-state index < -0.39 is 40.1 Å². The maximum atomic E-state index is 12.2. The summed E-state index contributed by atoms with van der Waals surface area (Å²) in [7, 11) is -3.85. The van der Waals surface area contributed by atoms with Crippen LogP contribution in [0.2, 0.25) is 0 Å². The van der Waals surface area contributed by atoms with Crippen LogP contribution in [0, 0.1) is 11.3 Å². The summed E-state index contributed by atoms with van der Waals surface area (Å²) < 4.78 is 71.7. The van der Waals surface area contributed by atoms with Crippen molar-refractivity contribution in [3.05, 3.63) is 54.1 Å². The fourth-order valence-electron chi connectivity index (χ4n) is 2.36. The number of carbonyl (C=O) groups excluding carboxylic acids is 2. The van der Waals surface area contributed by atoms with Crippen molar-refractivity contribution in [1.29, 1.82) is 5.26 Å². The van der Waals surface area contributed by atoms with Crippen molar-refractivity contribution in [3.63, 3.8) is 0 Å². The topological polar surface area (TPSA) is 135 Å². The zero-order chi connectivity index (χ0) is 24.6. The molecular formula is C20H18F3N3O6S. The highest BCUT2D eigenvalue weighted by Crippen LogP contribution is 2.24. The number of carbonyl (C=O) groups is 2. The molecule has 0 unspecified atom stereocenters. The zero-order valence-corrected chi connectivity index (χ0v) is 17.9. The van der Waals surface area contributed by atoms with Gasteiger partial charge in [-0.3, -0.25) is 4.79 Å². The number of ether oxygens (including phenoxy) is 2. The van der Waals surface area contributed by atoms with Gasteiger partial charge in [0.05, 0.1) is 16.5 Å². The van der Waals surface area contributed by atoms with E-state index in [1.807, 2.05) is 0 Å². The van der Waals surface area contributed by atoms with Crippen molar-refractivity contribution in [2.45, 2.75) is 30.7 Å². The maximum absolute atomic E-state index is 12.2. The van der Waals surface area contributed by atoms with E-state index in [0.29, 0.717) is 0 Å². The fourth-order valence-corrected chi connectivity index (χ4v) is 3.39. The molecule has 0 aliphatic carbocycles. The molecule has 2 aromatic carbocycles. The number of amides is 1. The number of rotatable bonds is 9. The third-order valence-corrected chi connectivity index (χ3v) is 5.41. The Morgan fingerprint density at radius 1 is 1.09 bits per heavy atom. The quantitative estimate of drug-likeness (QED) is 0.412. The van der Waals surface area contributed by atoms with Gasteiger partial charge < -0.3 is 14.8 Å². The lowest BCUT2D eigenvalue weighted by molar-refractivity contribution is -0.274. The summed E-state index contributed by atoms with van der Waals surface area (Å²) >= 11 is 0. The molecule has 0 saturated carbocycles. The molecule has 2 aromatic rings. The number of hydrogen-bond donors (Lipinski definition) is 2. The normalized spacial score (nSPS) is 12.3. The number of anilines is 1. The molecule has 33 heavy (non-hydrogen) atoms. The van der Waals surface area contributed by atoms with E-state index in [1.54, 1.807) is 6.07 Å². The first-order valence-electron chi connectivity index (χ1n) is 9.25. The van der Waals surface area contributed by atoms with Crippen molar-refractivity contribution in [2.24, 2.45) is 0 Å². The van der Waals surface area contributed by atoms with Gasteiger partial charge in [0.2, 0.25) is 10.0 Å². The number of benzene rings is 2. The fraction of sp³-hybridized carbons (Fsp3) is 0.250. The van der Waals surface area contributed by atoms with Gasteiger partial charge in [0.15, 0.2) is 6.10 Å². The zero-order valence-electron chi connectivity index (χ0n) is 17.0. The number of halogens is 3. The molecule has 176 valence electrons. The van der Waals surface area contributed by atoms with Crippen LogP contribution in [0.3, 0.4) is 0 Å².